The van der Waals surface area contributed by atoms with E-state index in [1.807, 2.05) is 13.0 Å². The standard InChI is InChI=1S/C6H6N2OS/c1-3-2-4-5(10-3)8-6(9)7-4/h2H,1H3,(H2,7,8,9). The average molecular weight is 154 g/mol. The fraction of sp³-hybridized carbons (Fsp3) is 0.167. The van der Waals surface area contributed by atoms with Gasteiger partial charge in [0, 0.05) is 4.88 Å². The third-order valence-electron chi connectivity index (χ3n) is 1.33. The molecular formula is C6H6N2OS. The minimum Gasteiger partial charge on any atom is -0.305 e. The van der Waals surface area contributed by atoms with Crippen molar-refractivity contribution in [3.8, 4) is 0 Å². The summed E-state index contributed by atoms with van der Waals surface area (Å²) in [7, 11) is 0. The Morgan fingerprint density at radius 2 is 2.30 bits per heavy atom. The van der Waals surface area contributed by atoms with Gasteiger partial charge in [0.05, 0.1) is 5.52 Å². The molecule has 0 unspecified atom stereocenters. The van der Waals surface area contributed by atoms with Gasteiger partial charge in [-0.2, -0.15) is 0 Å². The number of rotatable bonds is 0. The summed E-state index contributed by atoms with van der Waals surface area (Å²) in [4.78, 5) is 18.2. The van der Waals surface area contributed by atoms with Crippen molar-refractivity contribution in [2.75, 3.05) is 0 Å². The molecule has 2 heterocycles. The van der Waals surface area contributed by atoms with E-state index < -0.39 is 0 Å². The fourth-order valence-electron chi connectivity index (χ4n) is 0.957. The summed E-state index contributed by atoms with van der Waals surface area (Å²) in [5, 5.41) is 0. The molecule has 0 fully saturated rings. The van der Waals surface area contributed by atoms with E-state index in [4.69, 9.17) is 0 Å². The number of imidazole rings is 1. The van der Waals surface area contributed by atoms with Crippen LogP contribution in [0.5, 0.6) is 0 Å². The Balaban J connectivity index is 2.95. The molecule has 0 radical (unpaired) electrons. The number of H-pyrrole nitrogens is 2. The van der Waals surface area contributed by atoms with Gasteiger partial charge in [-0.25, -0.2) is 4.79 Å². The Kier molecular flexibility index (Phi) is 0.990. The van der Waals surface area contributed by atoms with Crippen molar-refractivity contribution in [1.82, 2.24) is 9.97 Å². The van der Waals surface area contributed by atoms with Crippen LogP contribution < -0.4 is 5.69 Å². The van der Waals surface area contributed by atoms with Crippen LogP contribution in [0.25, 0.3) is 10.3 Å². The van der Waals surface area contributed by atoms with E-state index in [-0.39, 0.29) is 5.69 Å². The Morgan fingerprint density at radius 3 is 3.00 bits per heavy atom. The number of hydrogen-bond donors (Lipinski definition) is 2. The van der Waals surface area contributed by atoms with Gasteiger partial charge >= 0.3 is 5.69 Å². The molecule has 0 aromatic carbocycles. The van der Waals surface area contributed by atoms with Gasteiger partial charge in [0.15, 0.2) is 0 Å². The maximum atomic E-state index is 10.7. The van der Waals surface area contributed by atoms with E-state index in [0.717, 1.165) is 10.3 Å². The number of thiophene rings is 1. The van der Waals surface area contributed by atoms with Crippen molar-refractivity contribution in [2.24, 2.45) is 0 Å². The maximum absolute atomic E-state index is 10.7. The highest BCUT2D eigenvalue weighted by molar-refractivity contribution is 7.18. The zero-order valence-corrected chi connectivity index (χ0v) is 6.21. The van der Waals surface area contributed by atoms with Crippen molar-refractivity contribution in [3.05, 3.63) is 21.4 Å². The first kappa shape index (κ1) is 5.73. The normalized spacial score (nSPS) is 10.9. The van der Waals surface area contributed by atoms with Crippen LogP contribution in [0.15, 0.2) is 10.9 Å². The van der Waals surface area contributed by atoms with Crippen LogP contribution in [0.1, 0.15) is 4.88 Å². The molecular weight excluding hydrogens is 148 g/mol. The van der Waals surface area contributed by atoms with E-state index in [9.17, 15) is 4.79 Å². The molecule has 2 aromatic rings. The molecule has 0 saturated heterocycles. The van der Waals surface area contributed by atoms with Gasteiger partial charge in [0.25, 0.3) is 0 Å². The molecule has 0 aliphatic rings. The summed E-state index contributed by atoms with van der Waals surface area (Å²) in [5.74, 6) is 0. The first-order valence-corrected chi connectivity index (χ1v) is 3.76. The minimum absolute atomic E-state index is 0.124. The molecule has 2 N–H and O–H groups in total. The molecule has 4 heteroatoms. The van der Waals surface area contributed by atoms with Crippen LogP contribution in [0.3, 0.4) is 0 Å². The van der Waals surface area contributed by atoms with E-state index in [0.29, 0.717) is 0 Å². The van der Waals surface area contributed by atoms with Crippen LogP contribution in [0.2, 0.25) is 0 Å². The smallest absolute Gasteiger partial charge is 0.305 e. The van der Waals surface area contributed by atoms with Crippen LogP contribution >= 0.6 is 11.3 Å². The van der Waals surface area contributed by atoms with Crippen LogP contribution in [0.4, 0.5) is 0 Å². The van der Waals surface area contributed by atoms with E-state index >= 15 is 0 Å². The highest BCUT2D eigenvalue weighted by Gasteiger charge is 1.99. The summed E-state index contributed by atoms with van der Waals surface area (Å²) >= 11 is 1.59. The van der Waals surface area contributed by atoms with E-state index in [2.05, 4.69) is 9.97 Å². The van der Waals surface area contributed by atoms with Gasteiger partial charge in [0.2, 0.25) is 0 Å². The zero-order valence-electron chi connectivity index (χ0n) is 5.39. The fourth-order valence-corrected chi connectivity index (χ4v) is 1.82. The van der Waals surface area contributed by atoms with E-state index in [1.54, 1.807) is 11.3 Å². The maximum Gasteiger partial charge on any atom is 0.324 e. The van der Waals surface area contributed by atoms with Gasteiger partial charge in [0.1, 0.15) is 4.83 Å². The summed E-state index contributed by atoms with van der Waals surface area (Å²) in [5.41, 5.74) is 0.786. The third kappa shape index (κ3) is 0.690. The molecule has 0 amide bonds. The van der Waals surface area contributed by atoms with Crippen molar-refractivity contribution in [2.45, 2.75) is 6.92 Å². The summed E-state index contributed by atoms with van der Waals surface area (Å²) in [6.45, 7) is 2.01. The van der Waals surface area contributed by atoms with Crippen molar-refractivity contribution in [1.29, 1.82) is 0 Å². The second-order valence-corrected chi connectivity index (χ2v) is 3.44. The second-order valence-electron chi connectivity index (χ2n) is 2.18. The molecule has 0 aliphatic heterocycles. The van der Waals surface area contributed by atoms with Gasteiger partial charge in [-0.1, -0.05) is 0 Å². The second kappa shape index (κ2) is 1.73. The van der Waals surface area contributed by atoms with E-state index in [1.165, 1.54) is 4.88 Å². The summed E-state index contributed by atoms with van der Waals surface area (Å²) in [6, 6.07) is 1.96. The molecule has 0 bridgehead atoms. The van der Waals surface area contributed by atoms with Gasteiger partial charge < -0.3 is 4.98 Å². The predicted octanol–water partition coefficient (Wildman–Crippen LogP) is 1.23. The Bertz CT molecular complexity index is 374. The number of aromatic amines is 2. The van der Waals surface area contributed by atoms with Crippen LogP contribution in [-0.4, -0.2) is 9.97 Å². The third-order valence-corrected chi connectivity index (χ3v) is 2.30. The number of aryl methyl sites for hydroxylation is 1. The first-order chi connectivity index (χ1) is 4.75. The lowest BCUT2D eigenvalue weighted by Crippen LogP contribution is -1.99. The lowest BCUT2D eigenvalue weighted by molar-refractivity contribution is 1.22. The minimum atomic E-state index is -0.124. The van der Waals surface area contributed by atoms with Crippen molar-refractivity contribution in [3.63, 3.8) is 0 Å². The first-order valence-electron chi connectivity index (χ1n) is 2.94. The van der Waals surface area contributed by atoms with Gasteiger partial charge in [-0.3, -0.25) is 4.98 Å². The Hall–Kier alpha value is -1.03. The largest absolute Gasteiger partial charge is 0.324 e. The summed E-state index contributed by atoms with van der Waals surface area (Å²) in [6.07, 6.45) is 0. The van der Waals surface area contributed by atoms with Crippen LogP contribution in [0, 0.1) is 6.92 Å². The lowest BCUT2D eigenvalue weighted by Gasteiger charge is -1.70. The van der Waals surface area contributed by atoms with Crippen LogP contribution in [-0.2, 0) is 0 Å². The SMILES string of the molecule is Cc1cc2[nH]c(=O)[nH]c2s1. The highest BCUT2D eigenvalue weighted by atomic mass is 32.1. The molecule has 0 saturated carbocycles. The van der Waals surface area contributed by atoms with Crippen molar-refractivity contribution >= 4 is 21.7 Å². The summed E-state index contributed by atoms with van der Waals surface area (Å²) < 4.78 is 0. The molecule has 0 spiro atoms. The Labute approximate surface area is 60.7 Å². The topological polar surface area (TPSA) is 48.6 Å². The quantitative estimate of drug-likeness (QED) is 0.589. The molecule has 0 aliphatic carbocycles. The van der Waals surface area contributed by atoms with Gasteiger partial charge in [-0.05, 0) is 13.0 Å². The molecule has 10 heavy (non-hydrogen) atoms. The molecule has 2 aromatic heterocycles. The zero-order chi connectivity index (χ0) is 7.14. The highest BCUT2D eigenvalue weighted by Crippen LogP contribution is 2.18. The van der Waals surface area contributed by atoms with Crippen molar-refractivity contribution < 1.29 is 0 Å². The monoisotopic (exact) mass is 154 g/mol. The predicted molar refractivity (Wildman–Crippen MR) is 41.5 cm³/mol. The Morgan fingerprint density at radius 1 is 1.50 bits per heavy atom. The molecule has 2 rings (SSSR count). The lowest BCUT2D eigenvalue weighted by atomic mass is 10.5. The molecule has 52 valence electrons. The molecule has 3 nitrogen and oxygen atoms in total. The molecule has 0 atom stereocenters. The number of aromatic nitrogens is 2. The number of hydrogen-bond acceptors (Lipinski definition) is 2. The number of fused-ring (bicyclic) bond motifs is 1. The average Bonchev–Trinajstić information content (AvgIpc) is 2.21. The number of nitrogens with one attached hydrogen (secondary N) is 2. The van der Waals surface area contributed by atoms with Gasteiger partial charge in [-0.15, -0.1) is 11.3 Å².